The van der Waals surface area contributed by atoms with E-state index in [2.05, 4.69) is 32.0 Å². The van der Waals surface area contributed by atoms with Gasteiger partial charge in [0, 0.05) is 10.5 Å². The van der Waals surface area contributed by atoms with E-state index in [0.29, 0.717) is 17.1 Å². The van der Waals surface area contributed by atoms with E-state index in [0.717, 1.165) is 4.90 Å². The summed E-state index contributed by atoms with van der Waals surface area (Å²) in [7, 11) is 0. The molecule has 4 heteroatoms. The molecular weight excluding hydrogens is 260 g/mol. The van der Waals surface area contributed by atoms with Crippen LogP contribution in [-0.4, -0.2) is 11.1 Å². The maximum absolute atomic E-state index is 10.9. The van der Waals surface area contributed by atoms with Crippen LogP contribution in [0, 0.1) is 20.8 Å². The number of rotatable bonds is 4. The number of benzene rings is 1. The van der Waals surface area contributed by atoms with Crippen molar-refractivity contribution in [2.45, 2.75) is 31.4 Å². The number of carbonyl (C=O) groups is 1. The molecular formula is C15H16O3S. The molecule has 0 saturated heterocycles. The van der Waals surface area contributed by atoms with Gasteiger partial charge in [0.15, 0.2) is 0 Å². The highest BCUT2D eigenvalue weighted by Gasteiger charge is 2.14. The third-order valence-electron chi connectivity index (χ3n) is 3.02. The van der Waals surface area contributed by atoms with Crippen LogP contribution >= 0.6 is 11.8 Å². The van der Waals surface area contributed by atoms with Gasteiger partial charge in [-0.2, -0.15) is 0 Å². The molecule has 0 spiro atoms. The van der Waals surface area contributed by atoms with Gasteiger partial charge in [0.1, 0.15) is 5.76 Å². The third-order valence-corrected chi connectivity index (χ3v) is 4.04. The van der Waals surface area contributed by atoms with Gasteiger partial charge in [-0.15, -0.1) is 11.8 Å². The van der Waals surface area contributed by atoms with Crippen molar-refractivity contribution >= 4 is 17.7 Å². The average molecular weight is 276 g/mol. The summed E-state index contributed by atoms with van der Waals surface area (Å²) in [6.07, 6.45) is 0. The first-order valence-electron chi connectivity index (χ1n) is 6.00. The zero-order valence-electron chi connectivity index (χ0n) is 11.2. The fraction of sp³-hybridized carbons (Fsp3) is 0.267. The Bertz CT molecular complexity index is 614. The van der Waals surface area contributed by atoms with Crippen molar-refractivity contribution in [1.29, 1.82) is 0 Å². The zero-order chi connectivity index (χ0) is 14.0. The molecule has 1 aromatic heterocycles. The molecule has 0 aliphatic rings. The van der Waals surface area contributed by atoms with Gasteiger partial charge in [0.05, 0.1) is 5.75 Å². The van der Waals surface area contributed by atoms with Crippen LogP contribution in [0.3, 0.4) is 0 Å². The molecule has 2 rings (SSSR count). The van der Waals surface area contributed by atoms with E-state index in [1.807, 2.05) is 0 Å². The second kappa shape index (κ2) is 5.53. The van der Waals surface area contributed by atoms with E-state index in [4.69, 9.17) is 9.52 Å². The van der Waals surface area contributed by atoms with Crippen LogP contribution in [0.25, 0.3) is 0 Å². The Balaban J connectivity index is 2.08. The molecule has 1 aromatic carbocycles. The normalized spacial score (nSPS) is 10.7. The molecule has 3 nitrogen and oxygen atoms in total. The predicted molar refractivity (Wildman–Crippen MR) is 75.9 cm³/mol. The lowest BCUT2D eigenvalue weighted by Crippen LogP contribution is -1.94. The van der Waals surface area contributed by atoms with Crippen molar-refractivity contribution in [3.63, 3.8) is 0 Å². The second-order valence-corrected chi connectivity index (χ2v) is 5.61. The molecule has 0 aliphatic heterocycles. The lowest BCUT2D eigenvalue weighted by Gasteiger charge is -2.03. The summed E-state index contributed by atoms with van der Waals surface area (Å²) < 4.78 is 5.33. The van der Waals surface area contributed by atoms with Crippen molar-refractivity contribution in [3.8, 4) is 0 Å². The second-order valence-electron chi connectivity index (χ2n) is 4.56. The van der Waals surface area contributed by atoms with Crippen LogP contribution in [0.5, 0.6) is 0 Å². The van der Waals surface area contributed by atoms with Crippen LogP contribution < -0.4 is 0 Å². The van der Waals surface area contributed by atoms with E-state index in [1.165, 1.54) is 11.1 Å². The van der Waals surface area contributed by atoms with Crippen molar-refractivity contribution in [3.05, 3.63) is 52.5 Å². The Morgan fingerprint density at radius 3 is 2.47 bits per heavy atom. The molecule has 0 unspecified atom stereocenters. The van der Waals surface area contributed by atoms with Gasteiger partial charge in [-0.25, -0.2) is 4.79 Å². The molecule has 0 aliphatic carbocycles. The summed E-state index contributed by atoms with van der Waals surface area (Å²) >= 11 is 1.64. The van der Waals surface area contributed by atoms with E-state index < -0.39 is 5.97 Å². The molecule has 100 valence electrons. The number of aryl methyl sites for hydroxylation is 3. The first-order valence-corrected chi connectivity index (χ1v) is 6.98. The molecule has 0 fully saturated rings. The molecule has 0 saturated carbocycles. The minimum Gasteiger partial charge on any atom is -0.475 e. The van der Waals surface area contributed by atoms with Crippen molar-refractivity contribution < 1.29 is 14.3 Å². The number of hydrogen-bond acceptors (Lipinski definition) is 3. The summed E-state index contributed by atoms with van der Waals surface area (Å²) in [5.74, 6) is 0.352. The average Bonchev–Trinajstić information content (AvgIpc) is 2.72. The van der Waals surface area contributed by atoms with Gasteiger partial charge >= 0.3 is 5.97 Å². The molecule has 0 bridgehead atoms. The van der Waals surface area contributed by atoms with Gasteiger partial charge in [-0.3, -0.25) is 0 Å². The highest BCUT2D eigenvalue weighted by atomic mass is 32.2. The predicted octanol–water partition coefficient (Wildman–Crippen LogP) is 4.20. The summed E-state index contributed by atoms with van der Waals surface area (Å²) in [5, 5.41) is 8.93. The molecule has 0 radical (unpaired) electrons. The number of thioether (sulfide) groups is 1. The third kappa shape index (κ3) is 3.20. The smallest absolute Gasteiger partial charge is 0.372 e. The SMILES string of the molecule is Cc1ccc(SCc2cc(C)c(C(=O)O)o2)cc1C. The quantitative estimate of drug-likeness (QED) is 0.850. The van der Waals surface area contributed by atoms with Crippen molar-refractivity contribution in [2.24, 2.45) is 0 Å². The number of aromatic carboxylic acids is 1. The maximum atomic E-state index is 10.9. The Labute approximate surface area is 116 Å². The van der Waals surface area contributed by atoms with E-state index >= 15 is 0 Å². The monoisotopic (exact) mass is 276 g/mol. The highest BCUT2D eigenvalue weighted by Crippen LogP contribution is 2.26. The van der Waals surface area contributed by atoms with Gasteiger partial charge in [-0.05, 0) is 50.1 Å². The number of carboxylic acid groups (broad SMARTS) is 1. The Kier molecular flexibility index (Phi) is 4.00. The topological polar surface area (TPSA) is 50.4 Å². The molecule has 19 heavy (non-hydrogen) atoms. The summed E-state index contributed by atoms with van der Waals surface area (Å²) in [5.41, 5.74) is 3.20. The minimum absolute atomic E-state index is 0.0377. The lowest BCUT2D eigenvalue weighted by molar-refractivity contribution is 0.0659. The number of carboxylic acids is 1. The Morgan fingerprint density at radius 2 is 1.89 bits per heavy atom. The van der Waals surface area contributed by atoms with Gasteiger partial charge in [-0.1, -0.05) is 6.07 Å². The van der Waals surface area contributed by atoms with E-state index in [-0.39, 0.29) is 5.76 Å². The van der Waals surface area contributed by atoms with Gasteiger partial charge in [0.25, 0.3) is 0 Å². The van der Waals surface area contributed by atoms with Crippen molar-refractivity contribution in [1.82, 2.24) is 0 Å². The largest absolute Gasteiger partial charge is 0.475 e. The molecule has 2 aromatic rings. The highest BCUT2D eigenvalue weighted by molar-refractivity contribution is 7.98. The summed E-state index contributed by atoms with van der Waals surface area (Å²) in [4.78, 5) is 12.1. The summed E-state index contributed by atoms with van der Waals surface area (Å²) in [6.45, 7) is 5.91. The standard InChI is InChI=1S/C15H16O3S/c1-9-4-5-13(7-10(9)2)19-8-12-6-11(3)14(18-12)15(16)17/h4-7H,8H2,1-3H3,(H,16,17). The van der Waals surface area contributed by atoms with E-state index in [1.54, 1.807) is 24.8 Å². The number of hydrogen-bond donors (Lipinski definition) is 1. The van der Waals surface area contributed by atoms with Gasteiger partial charge in [0.2, 0.25) is 5.76 Å². The van der Waals surface area contributed by atoms with Crippen LogP contribution in [0.2, 0.25) is 0 Å². The Morgan fingerprint density at radius 1 is 1.16 bits per heavy atom. The Hall–Kier alpha value is -1.68. The zero-order valence-corrected chi connectivity index (χ0v) is 12.0. The minimum atomic E-state index is -1.01. The fourth-order valence-electron chi connectivity index (χ4n) is 1.79. The molecule has 0 amide bonds. The first kappa shape index (κ1) is 13.7. The fourth-order valence-corrected chi connectivity index (χ4v) is 2.67. The van der Waals surface area contributed by atoms with Gasteiger partial charge < -0.3 is 9.52 Å². The molecule has 0 atom stereocenters. The molecule has 1 N–H and O–H groups in total. The lowest BCUT2D eigenvalue weighted by atomic mass is 10.1. The molecule has 1 heterocycles. The van der Waals surface area contributed by atoms with Crippen molar-refractivity contribution in [2.75, 3.05) is 0 Å². The van der Waals surface area contributed by atoms with Crippen LogP contribution in [0.15, 0.2) is 33.6 Å². The maximum Gasteiger partial charge on any atom is 0.372 e. The number of furan rings is 1. The summed E-state index contributed by atoms with van der Waals surface area (Å²) in [6, 6.07) is 8.08. The van der Waals surface area contributed by atoms with Crippen LogP contribution in [-0.2, 0) is 5.75 Å². The van der Waals surface area contributed by atoms with E-state index in [9.17, 15) is 4.79 Å². The van der Waals surface area contributed by atoms with Crippen LogP contribution in [0.1, 0.15) is 33.0 Å². The van der Waals surface area contributed by atoms with Crippen LogP contribution in [0.4, 0.5) is 0 Å². The first-order chi connectivity index (χ1) is 8.97.